The van der Waals surface area contributed by atoms with Crippen LogP contribution < -0.4 is 10.7 Å². The molecule has 1 aromatic carbocycles. The molecule has 0 spiro atoms. The van der Waals surface area contributed by atoms with E-state index in [1.54, 1.807) is 14.1 Å². The van der Waals surface area contributed by atoms with Crippen molar-refractivity contribution in [1.29, 1.82) is 10.8 Å². The van der Waals surface area contributed by atoms with E-state index < -0.39 is 39.8 Å². The van der Waals surface area contributed by atoms with Crippen LogP contribution in [0.15, 0.2) is 29.2 Å². The van der Waals surface area contributed by atoms with Gasteiger partial charge in [0.25, 0.3) is 5.91 Å². The number of rotatable bonds is 7. The fourth-order valence-corrected chi connectivity index (χ4v) is 6.89. The third-order valence-electron chi connectivity index (χ3n) is 8.22. The van der Waals surface area contributed by atoms with E-state index in [4.69, 9.17) is 10.8 Å². The summed E-state index contributed by atoms with van der Waals surface area (Å²) < 4.78 is 27.0. The predicted molar refractivity (Wildman–Crippen MR) is 136 cm³/mol. The van der Waals surface area contributed by atoms with Crippen LogP contribution in [0.25, 0.3) is 0 Å². The Balaban J connectivity index is 1.53. The molecule has 4 atom stereocenters. The van der Waals surface area contributed by atoms with Crippen molar-refractivity contribution >= 4 is 27.8 Å². The lowest BCUT2D eigenvalue weighted by Crippen LogP contribution is -2.64. The summed E-state index contributed by atoms with van der Waals surface area (Å²) in [6.45, 7) is 1.92. The maximum Gasteiger partial charge on any atom is 0.275 e. The Bertz CT molecular complexity index is 1350. The molecule has 0 radical (unpaired) electrons. The van der Waals surface area contributed by atoms with E-state index in [0.29, 0.717) is 24.2 Å². The standard InChI is InChI=1S/C25H29F2N5O4S/c1-12-16-6-7-25(30-2,24(12,16)11-33)32(3)23(36)19-21(35)20(34)15(10-31-19)22(29)37-18(28)8-13-4-5-14(26)9-17(13)27/h4-5,9-10,12,16,28-30,33,35H,6-8,11H2,1-3H3,(H,31,34)/t12-,16?,24?,25?/m0/s1. The number of pyridine rings is 1. The Kier molecular flexibility index (Phi) is 7.04. The molecule has 1 aromatic heterocycles. The highest BCUT2D eigenvalue weighted by Gasteiger charge is 2.76. The maximum absolute atomic E-state index is 13.9. The molecule has 12 heteroatoms. The molecular formula is C25H29F2N5O4S. The van der Waals surface area contributed by atoms with E-state index in [2.05, 4.69) is 10.3 Å². The zero-order chi connectivity index (χ0) is 27.3. The van der Waals surface area contributed by atoms with Gasteiger partial charge in [-0.25, -0.2) is 8.78 Å². The number of fused-ring (bicyclic) bond motifs is 1. The van der Waals surface area contributed by atoms with Gasteiger partial charge in [-0.15, -0.1) is 0 Å². The van der Waals surface area contributed by atoms with Crippen LogP contribution in [0.1, 0.15) is 41.4 Å². The smallest absolute Gasteiger partial charge is 0.275 e. The first kappa shape index (κ1) is 27.0. The molecule has 37 heavy (non-hydrogen) atoms. The average molecular weight is 534 g/mol. The minimum Gasteiger partial charge on any atom is -0.503 e. The molecule has 2 aromatic rings. The van der Waals surface area contributed by atoms with Gasteiger partial charge >= 0.3 is 0 Å². The van der Waals surface area contributed by atoms with E-state index in [1.165, 1.54) is 11.0 Å². The normalized spacial score (nSPS) is 26.0. The molecule has 2 fully saturated rings. The van der Waals surface area contributed by atoms with Crippen molar-refractivity contribution in [2.24, 2.45) is 17.3 Å². The number of amides is 1. The monoisotopic (exact) mass is 533 g/mol. The Hall–Kier alpha value is -3.09. The fourth-order valence-electron chi connectivity index (χ4n) is 6.16. The number of aliphatic hydroxyl groups is 1. The van der Waals surface area contributed by atoms with E-state index >= 15 is 0 Å². The predicted octanol–water partition coefficient (Wildman–Crippen LogP) is 2.66. The topological polar surface area (TPSA) is 153 Å². The van der Waals surface area contributed by atoms with E-state index in [0.717, 1.165) is 18.7 Å². The Labute approximate surface area is 216 Å². The molecule has 4 rings (SSSR count). The summed E-state index contributed by atoms with van der Waals surface area (Å²) in [7, 11) is 3.27. The van der Waals surface area contributed by atoms with Gasteiger partial charge in [-0.1, -0.05) is 24.8 Å². The number of benzene rings is 1. The number of carbonyl (C=O) groups excluding carboxylic acids is 1. The van der Waals surface area contributed by atoms with Gasteiger partial charge < -0.3 is 20.1 Å². The molecule has 0 bridgehead atoms. The highest BCUT2D eigenvalue weighted by Crippen LogP contribution is 2.72. The number of aliphatic hydroxyl groups excluding tert-OH is 1. The molecule has 0 aliphatic heterocycles. The Morgan fingerprint density at radius 3 is 2.65 bits per heavy atom. The summed E-state index contributed by atoms with van der Waals surface area (Å²) in [6.07, 6.45) is 2.32. The van der Waals surface area contributed by atoms with Crippen LogP contribution in [-0.4, -0.2) is 62.5 Å². The lowest BCUT2D eigenvalue weighted by Gasteiger charge is -2.46. The van der Waals surface area contributed by atoms with Crippen LogP contribution in [0.4, 0.5) is 8.78 Å². The van der Waals surface area contributed by atoms with Gasteiger partial charge in [-0.2, -0.15) is 0 Å². The summed E-state index contributed by atoms with van der Waals surface area (Å²) in [4.78, 5) is 30.4. The van der Waals surface area contributed by atoms with Crippen molar-refractivity contribution in [1.82, 2.24) is 15.2 Å². The first-order valence-corrected chi connectivity index (χ1v) is 12.6. The number of thioether (sulfide) groups is 1. The summed E-state index contributed by atoms with van der Waals surface area (Å²) in [5, 5.41) is 39.8. The molecule has 3 unspecified atom stereocenters. The molecule has 1 amide bonds. The number of nitrogens with zero attached hydrogens (tertiary/aromatic N) is 1. The van der Waals surface area contributed by atoms with Gasteiger partial charge in [0.15, 0.2) is 11.4 Å². The van der Waals surface area contributed by atoms with Crippen molar-refractivity contribution in [2.75, 3.05) is 20.7 Å². The SMILES string of the molecule is CNC1(N(C)C(=O)c2[nH]cc(C(=N)SC(=N)Cc3ccc(F)cc3F)c(=O)c2O)CCC2[C@H](C)C21CO. The van der Waals surface area contributed by atoms with Crippen LogP contribution in [-0.2, 0) is 6.42 Å². The summed E-state index contributed by atoms with van der Waals surface area (Å²) in [6, 6.07) is 2.96. The van der Waals surface area contributed by atoms with Crippen molar-refractivity contribution in [3.8, 4) is 5.75 Å². The highest BCUT2D eigenvalue weighted by molar-refractivity contribution is 8.26. The Morgan fingerprint density at radius 2 is 2.05 bits per heavy atom. The van der Waals surface area contributed by atoms with Crippen LogP contribution in [0, 0.1) is 39.7 Å². The number of halogens is 2. The third kappa shape index (κ3) is 4.07. The zero-order valence-corrected chi connectivity index (χ0v) is 21.4. The number of aromatic amines is 1. The van der Waals surface area contributed by atoms with Crippen LogP contribution in [0.2, 0.25) is 0 Å². The second-order valence-electron chi connectivity index (χ2n) is 9.63. The lowest BCUT2D eigenvalue weighted by molar-refractivity contribution is -0.00696. The van der Waals surface area contributed by atoms with Gasteiger partial charge in [-0.3, -0.25) is 25.7 Å². The van der Waals surface area contributed by atoms with Crippen molar-refractivity contribution in [2.45, 2.75) is 31.8 Å². The van der Waals surface area contributed by atoms with Gasteiger partial charge in [0.05, 0.1) is 17.2 Å². The third-order valence-corrected chi connectivity index (χ3v) is 9.03. The summed E-state index contributed by atoms with van der Waals surface area (Å²) in [5.41, 5.74) is -2.91. The second-order valence-corrected chi connectivity index (χ2v) is 10.7. The lowest BCUT2D eigenvalue weighted by atomic mass is 9.86. The first-order chi connectivity index (χ1) is 17.4. The van der Waals surface area contributed by atoms with E-state index in [1.807, 2.05) is 6.92 Å². The van der Waals surface area contributed by atoms with Gasteiger partial charge in [0, 0.05) is 31.1 Å². The average Bonchev–Trinajstić information content (AvgIpc) is 3.28. The number of hydrogen-bond acceptors (Lipinski definition) is 8. The summed E-state index contributed by atoms with van der Waals surface area (Å²) >= 11 is 0.578. The number of aromatic hydroxyl groups is 1. The number of aromatic nitrogens is 1. The second kappa shape index (κ2) is 9.66. The van der Waals surface area contributed by atoms with E-state index in [-0.39, 0.29) is 51.8 Å². The summed E-state index contributed by atoms with van der Waals surface area (Å²) in [5.74, 6) is -2.63. The highest BCUT2D eigenvalue weighted by atomic mass is 32.2. The van der Waals surface area contributed by atoms with Crippen LogP contribution >= 0.6 is 11.8 Å². The first-order valence-electron chi connectivity index (χ1n) is 11.8. The molecule has 198 valence electrons. The number of hydrogen-bond donors (Lipinski definition) is 6. The molecule has 0 saturated heterocycles. The quantitative estimate of drug-likeness (QED) is 0.183. The van der Waals surface area contributed by atoms with Crippen LogP contribution in [0.3, 0.4) is 0 Å². The van der Waals surface area contributed by atoms with Gasteiger partial charge in [0.1, 0.15) is 22.3 Å². The van der Waals surface area contributed by atoms with Crippen molar-refractivity contribution in [3.63, 3.8) is 0 Å². The molecule has 1 heterocycles. The van der Waals surface area contributed by atoms with Gasteiger partial charge in [-0.05, 0) is 43.4 Å². The molecular weight excluding hydrogens is 504 g/mol. The minimum absolute atomic E-state index is 0.0608. The van der Waals surface area contributed by atoms with E-state index in [9.17, 15) is 28.6 Å². The number of carbonyl (C=O) groups is 1. The molecule has 2 aliphatic carbocycles. The molecule has 6 N–H and O–H groups in total. The molecule has 2 saturated carbocycles. The number of H-pyrrole nitrogens is 1. The van der Waals surface area contributed by atoms with Gasteiger partial charge in [0.2, 0.25) is 5.43 Å². The Morgan fingerprint density at radius 1 is 1.35 bits per heavy atom. The minimum atomic E-state index is -0.965. The van der Waals surface area contributed by atoms with Crippen molar-refractivity contribution in [3.05, 3.63) is 63.1 Å². The largest absolute Gasteiger partial charge is 0.503 e. The maximum atomic E-state index is 13.9. The molecule has 2 aliphatic rings. The fraction of sp³-hybridized carbons (Fsp3) is 0.440. The van der Waals surface area contributed by atoms with Crippen molar-refractivity contribution < 1.29 is 23.8 Å². The van der Waals surface area contributed by atoms with Crippen LogP contribution in [0.5, 0.6) is 5.75 Å². The zero-order valence-electron chi connectivity index (χ0n) is 20.6. The number of nitrogens with one attached hydrogen (secondary N) is 4. The molecule has 9 nitrogen and oxygen atoms in total.